The molecule has 0 bridgehead atoms. The Kier molecular flexibility index (Phi) is 6.92. The van der Waals surface area contributed by atoms with Gasteiger partial charge in [-0.25, -0.2) is 4.98 Å². The van der Waals surface area contributed by atoms with Crippen molar-refractivity contribution in [2.75, 3.05) is 17.2 Å². The molecule has 5 rings (SSSR count). The number of anilines is 2. The molecular weight excluding hydrogens is 496 g/mol. The summed E-state index contributed by atoms with van der Waals surface area (Å²) in [5.41, 5.74) is 5.11. The van der Waals surface area contributed by atoms with Crippen LogP contribution in [0.3, 0.4) is 0 Å². The van der Waals surface area contributed by atoms with Gasteiger partial charge in [0.05, 0.1) is 16.2 Å². The Morgan fingerprint density at radius 1 is 1.08 bits per heavy atom. The lowest BCUT2D eigenvalue weighted by Gasteiger charge is -2.16. The lowest BCUT2D eigenvalue weighted by molar-refractivity contribution is -0.384. The fourth-order valence-corrected chi connectivity index (χ4v) is 4.51. The summed E-state index contributed by atoms with van der Waals surface area (Å²) in [6.07, 6.45) is 4.27. The van der Waals surface area contributed by atoms with Crippen LogP contribution in [0.15, 0.2) is 79.1 Å². The largest absolute Gasteiger partial charge is 0.356 e. The summed E-state index contributed by atoms with van der Waals surface area (Å²) in [6.45, 7) is 1.99. The van der Waals surface area contributed by atoms with Gasteiger partial charge in [-0.3, -0.25) is 19.7 Å². The molecule has 10 nitrogen and oxygen atoms in total. The fourth-order valence-electron chi connectivity index (χ4n) is 4.51. The molecule has 0 saturated carbocycles. The van der Waals surface area contributed by atoms with Crippen LogP contribution in [0.25, 0.3) is 22.7 Å². The minimum Gasteiger partial charge on any atom is -0.356 e. The number of hydrogen-bond acceptors (Lipinski definition) is 6. The van der Waals surface area contributed by atoms with E-state index in [1.807, 2.05) is 66.3 Å². The Hall–Kier alpha value is -5.25. The first kappa shape index (κ1) is 25.4. The fraction of sp³-hybridized carbons (Fsp3) is 0.138. The van der Waals surface area contributed by atoms with Gasteiger partial charge in [-0.2, -0.15) is 0 Å². The predicted octanol–water partition coefficient (Wildman–Crippen LogP) is 4.61. The van der Waals surface area contributed by atoms with E-state index in [2.05, 4.69) is 20.9 Å². The molecule has 0 unspecified atom stereocenters. The van der Waals surface area contributed by atoms with E-state index in [1.54, 1.807) is 12.3 Å². The molecule has 0 aliphatic carbocycles. The number of nitro benzene ring substituents is 1. The maximum atomic E-state index is 13.2. The number of carbonyl (C=O) groups is 2. The maximum Gasteiger partial charge on any atom is 0.270 e. The molecule has 3 N–H and O–H groups in total. The lowest BCUT2D eigenvalue weighted by Crippen LogP contribution is -2.22. The summed E-state index contributed by atoms with van der Waals surface area (Å²) >= 11 is 0. The molecule has 2 amide bonds. The standard InChI is InChI=1S/C29H26N6O4/c1-18(36)30-14-13-19-3-5-20(6-4-19)27(26-24-17-23(35(38)39)11-12-25(24)33-29(26)37)32-22-9-7-21(8-10-22)28-31-15-16-34(28)2/h3-12,15-17,32H,13-14H2,1-2H3,(H,30,36)(H,33,37). The second-order valence-electron chi connectivity index (χ2n) is 9.19. The molecule has 0 saturated heterocycles. The van der Waals surface area contributed by atoms with Crippen LogP contribution in [0.1, 0.15) is 23.6 Å². The zero-order valence-corrected chi connectivity index (χ0v) is 21.4. The first-order chi connectivity index (χ1) is 18.8. The zero-order chi connectivity index (χ0) is 27.5. The number of nitrogens with one attached hydrogen (secondary N) is 3. The third-order valence-corrected chi connectivity index (χ3v) is 6.47. The molecule has 0 radical (unpaired) electrons. The SMILES string of the molecule is CC(=O)NCCc1ccc(C(Nc2ccc(-c3nccn3C)cc2)=C2C(=O)Nc3ccc([N+](=O)[O-])cc32)cc1. The van der Waals surface area contributed by atoms with E-state index >= 15 is 0 Å². The van der Waals surface area contributed by atoms with Crippen molar-refractivity contribution in [2.45, 2.75) is 13.3 Å². The minimum atomic E-state index is -0.478. The van der Waals surface area contributed by atoms with E-state index in [-0.39, 0.29) is 17.5 Å². The highest BCUT2D eigenvalue weighted by molar-refractivity contribution is 6.37. The number of nitro groups is 1. The number of aromatic nitrogens is 2. The van der Waals surface area contributed by atoms with Crippen LogP contribution in [0, 0.1) is 10.1 Å². The van der Waals surface area contributed by atoms with Crippen molar-refractivity contribution in [3.05, 3.63) is 106 Å². The molecule has 1 aliphatic heterocycles. The van der Waals surface area contributed by atoms with Gasteiger partial charge < -0.3 is 20.5 Å². The molecule has 0 spiro atoms. The third-order valence-electron chi connectivity index (χ3n) is 6.47. The first-order valence-corrected chi connectivity index (χ1v) is 12.3. The van der Waals surface area contributed by atoms with Crippen LogP contribution < -0.4 is 16.0 Å². The summed E-state index contributed by atoms with van der Waals surface area (Å²) in [5.74, 6) is 0.385. The quantitative estimate of drug-likeness (QED) is 0.176. The molecule has 4 aromatic rings. The van der Waals surface area contributed by atoms with Gasteiger partial charge in [0.2, 0.25) is 5.91 Å². The molecule has 0 fully saturated rings. The lowest BCUT2D eigenvalue weighted by atomic mass is 9.98. The molecule has 1 aromatic heterocycles. The third kappa shape index (κ3) is 5.40. The number of non-ortho nitro benzene ring substituents is 1. The van der Waals surface area contributed by atoms with E-state index in [1.165, 1.54) is 19.1 Å². The number of carbonyl (C=O) groups excluding carboxylic acids is 2. The van der Waals surface area contributed by atoms with Crippen LogP contribution in [-0.4, -0.2) is 32.8 Å². The first-order valence-electron chi connectivity index (χ1n) is 12.3. The molecule has 1 aliphatic rings. The van der Waals surface area contributed by atoms with Crippen molar-refractivity contribution in [3.63, 3.8) is 0 Å². The van der Waals surface area contributed by atoms with Crippen LogP contribution >= 0.6 is 0 Å². The van der Waals surface area contributed by atoms with E-state index < -0.39 is 4.92 Å². The Bertz CT molecular complexity index is 1600. The van der Waals surface area contributed by atoms with E-state index in [0.29, 0.717) is 35.5 Å². The van der Waals surface area contributed by atoms with Crippen molar-refractivity contribution in [2.24, 2.45) is 7.05 Å². The van der Waals surface area contributed by atoms with E-state index in [0.717, 1.165) is 28.2 Å². The van der Waals surface area contributed by atoms with Gasteiger partial charge in [0, 0.05) is 67.5 Å². The van der Waals surface area contributed by atoms with Gasteiger partial charge >= 0.3 is 0 Å². The Morgan fingerprint density at radius 3 is 2.46 bits per heavy atom. The summed E-state index contributed by atoms with van der Waals surface area (Å²) < 4.78 is 1.93. The second-order valence-corrected chi connectivity index (χ2v) is 9.19. The highest BCUT2D eigenvalue weighted by atomic mass is 16.6. The van der Waals surface area contributed by atoms with E-state index in [4.69, 9.17) is 0 Å². The molecule has 39 heavy (non-hydrogen) atoms. The van der Waals surface area contributed by atoms with Gasteiger partial charge in [0.15, 0.2) is 0 Å². The van der Waals surface area contributed by atoms with Gasteiger partial charge in [-0.15, -0.1) is 0 Å². The number of benzene rings is 3. The van der Waals surface area contributed by atoms with Crippen molar-refractivity contribution < 1.29 is 14.5 Å². The van der Waals surface area contributed by atoms with Crippen LogP contribution in [0.5, 0.6) is 0 Å². The van der Waals surface area contributed by atoms with Gasteiger partial charge in [0.1, 0.15) is 5.82 Å². The summed E-state index contributed by atoms with van der Waals surface area (Å²) in [5, 5.41) is 20.5. The van der Waals surface area contributed by atoms with Crippen molar-refractivity contribution >= 4 is 40.1 Å². The highest BCUT2D eigenvalue weighted by Crippen LogP contribution is 2.39. The van der Waals surface area contributed by atoms with E-state index in [9.17, 15) is 19.7 Å². The average molecular weight is 523 g/mol. The zero-order valence-electron chi connectivity index (χ0n) is 21.4. The highest BCUT2D eigenvalue weighted by Gasteiger charge is 2.30. The molecule has 10 heteroatoms. The van der Waals surface area contributed by atoms with Crippen molar-refractivity contribution in [3.8, 4) is 11.4 Å². The van der Waals surface area contributed by atoms with Crippen LogP contribution in [0.4, 0.5) is 17.1 Å². The Morgan fingerprint density at radius 2 is 1.82 bits per heavy atom. The number of amides is 2. The average Bonchev–Trinajstić information content (AvgIpc) is 3.49. The van der Waals surface area contributed by atoms with Crippen molar-refractivity contribution in [1.29, 1.82) is 0 Å². The molecular formula is C29H26N6O4. The summed E-state index contributed by atoms with van der Waals surface area (Å²) in [7, 11) is 1.92. The summed E-state index contributed by atoms with van der Waals surface area (Å²) in [6, 6.07) is 19.6. The van der Waals surface area contributed by atoms with Crippen LogP contribution in [-0.2, 0) is 23.1 Å². The minimum absolute atomic E-state index is 0.0863. The monoisotopic (exact) mass is 522 g/mol. The normalized spacial score (nSPS) is 13.4. The molecule has 3 aromatic carbocycles. The number of nitrogens with zero attached hydrogens (tertiary/aromatic N) is 3. The number of fused-ring (bicyclic) bond motifs is 1. The number of hydrogen-bond donors (Lipinski definition) is 3. The van der Waals surface area contributed by atoms with Crippen molar-refractivity contribution in [1.82, 2.24) is 14.9 Å². The van der Waals surface area contributed by atoms with Crippen LogP contribution in [0.2, 0.25) is 0 Å². The topological polar surface area (TPSA) is 131 Å². The summed E-state index contributed by atoms with van der Waals surface area (Å²) in [4.78, 5) is 39.8. The Balaban J connectivity index is 1.55. The number of imidazole rings is 1. The predicted molar refractivity (Wildman–Crippen MR) is 150 cm³/mol. The maximum absolute atomic E-state index is 13.2. The molecule has 196 valence electrons. The van der Waals surface area contributed by atoms with Gasteiger partial charge in [-0.1, -0.05) is 24.3 Å². The van der Waals surface area contributed by atoms with Gasteiger partial charge in [0.25, 0.3) is 11.6 Å². The molecule has 0 atom stereocenters. The number of aryl methyl sites for hydroxylation is 1. The van der Waals surface area contributed by atoms with Gasteiger partial charge in [-0.05, 0) is 47.9 Å². The smallest absolute Gasteiger partial charge is 0.270 e. The Labute approximate surface area is 224 Å². The number of rotatable bonds is 8. The molecule has 2 heterocycles. The second kappa shape index (κ2) is 10.6.